The van der Waals surface area contributed by atoms with Crippen molar-refractivity contribution < 1.29 is 4.74 Å². The number of rotatable bonds is 8. The minimum atomic E-state index is 0.589. The van der Waals surface area contributed by atoms with E-state index in [4.69, 9.17) is 4.74 Å². The number of hydrogen-bond acceptors (Lipinski definition) is 3. The Morgan fingerprint density at radius 2 is 1.93 bits per heavy atom. The smallest absolute Gasteiger partial charge is 0.0589 e. The Hall–Kier alpha value is -0.120. The topological polar surface area (TPSA) is 24.5 Å². The molecule has 0 rings (SSSR count). The maximum atomic E-state index is 5.05. The molecular formula is C11H26N2O. The highest BCUT2D eigenvalue weighted by atomic mass is 16.5. The Kier molecular flexibility index (Phi) is 8.14. The molecule has 0 saturated carbocycles. The van der Waals surface area contributed by atoms with Crippen LogP contribution in [0, 0.1) is 0 Å². The molecule has 3 nitrogen and oxygen atoms in total. The zero-order chi connectivity index (χ0) is 11.0. The summed E-state index contributed by atoms with van der Waals surface area (Å²) in [5, 5.41) is 3.43. The highest BCUT2D eigenvalue weighted by Gasteiger charge is 2.07. The summed E-state index contributed by atoms with van der Waals surface area (Å²) in [5.74, 6) is 0. The van der Waals surface area contributed by atoms with Gasteiger partial charge in [-0.25, -0.2) is 0 Å². The van der Waals surface area contributed by atoms with Gasteiger partial charge >= 0.3 is 0 Å². The molecule has 1 atom stereocenters. The molecule has 1 N–H and O–H groups in total. The highest BCUT2D eigenvalue weighted by molar-refractivity contribution is 4.65. The Balaban J connectivity index is 3.46. The van der Waals surface area contributed by atoms with Crippen LogP contribution in [0.2, 0.25) is 0 Å². The van der Waals surface area contributed by atoms with Gasteiger partial charge in [-0.05, 0) is 26.9 Å². The molecule has 14 heavy (non-hydrogen) atoms. The third-order valence-electron chi connectivity index (χ3n) is 2.52. The van der Waals surface area contributed by atoms with E-state index >= 15 is 0 Å². The van der Waals surface area contributed by atoms with Crippen LogP contribution in [0.15, 0.2) is 0 Å². The van der Waals surface area contributed by atoms with E-state index in [0.717, 1.165) is 19.7 Å². The van der Waals surface area contributed by atoms with Gasteiger partial charge in [0.05, 0.1) is 6.61 Å². The van der Waals surface area contributed by atoms with Crippen molar-refractivity contribution in [1.29, 1.82) is 0 Å². The molecule has 0 bridgehead atoms. The van der Waals surface area contributed by atoms with E-state index in [-0.39, 0.29) is 0 Å². The monoisotopic (exact) mass is 202 g/mol. The van der Waals surface area contributed by atoms with Gasteiger partial charge in [0, 0.05) is 25.7 Å². The maximum absolute atomic E-state index is 5.05. The summed E-state index contributed by atoms with van der Waals surface area (Å²) >= 11 is 0. The summed E-state index contributed by atoms with van der Waals surface area (Å²) in [6.45, 7) is 9.55. The zero-order valence-corrected chi connectivity index (χ0v) is 10.3. The Bertz CT molecular complexity index is 128. The van der Waals surface area contributed by atoms with Crippen LogP contribution in [0.25, 0.3) is 0 Å². The van der Waals surface area contributed by atoms with Crippen LogP contribution in [0.5, 0.6) is 0 Å². The largest absolute Gasteiger partial charge is 0.383 e. The molecule has 0 aromatic heterocycles. The number of ether oxygens (including phenoxy) is 1. The summed E-state index contributed by atoms with van der Waals surface area (Å²) in [7, 11) is 3.90. The second kappa shape index (κ2) is 8.21. The van der Waals surface area contributed by atoms with Crippen LogP contribution < -0.4 is 5.32 Å². The number of nitrogens with one attached hydrogen (secondary N) is 1. The molecule has 0 aromatic carbocycles. The summed E-state index contributed by atoms with van der Waals surface area (Å²) in [6, 6.07) is 1.21. The van der Waals surface area contributed by atoms with Gasteiger partial charge in [0.2, 0.25) is 0 Å². The Morgan fingerprint density at radius 3 is 2.43 bits per heavy atom. The first-order chi connectivity index (χ1) is 6.57. The van der Waals surface area contributed by atoms with Crippen LogP contribution >= 0.6 is 0 Å². The van der Waals surface area contributed by atoms with Gasteiger partial charge in [0.15, 0.2) is 0 Å². The van der Waals surface area contributed by atoms with Crippen molar-refractivity contribution in [2.45, 2.75) is 39.3 Å². The first kappa shape index (κ1) is 13.9. The maximum Gasteiger partial charge on any atom is 0.0589 e. The molecule has 0 aliphatic rings. The summed E-state index contributed by atoms with van der Waals surface area (Å²) in [4.78, 5) is 2.34. The Labute approximate surface area is 88.8 Å². The Morgan fingerprint density at radius 1 is 1.29 bits per heavy atom. The highest BCUT2D eigenvalue weighted by Crippen LogP contribution is 1.99. The lowest BCUT2D eigenvalue weighted by Crippen LogP contribution is -2.35. The van der Waals surface area contributed by atoms with Crippen LogP contribution in [0.4, 0.5) is 0 Å². The second-order valence-electron chi connectivity index (χ2n) is 4.22. The van der Waals surface area contributed by atoms with E-state index in [1.165, 1.54) is 6.42 Å². The van der Waals surface area contributed by atoms with Crippen LogP contribution in [0.3, 0.4) is 0 Å². The minimum Gasteiger partial charge on any atom is -0.383 e. The van der Waals surface area contributed by atoms with Gasteiger partial charge in [-0.2, -0.15) is 0 Å². The standard InChI is InChI=1S/C11H26N2O/c1-10(2)12-7-6-11(3)13(4)8-9-14-5/h10-12H,6-9H2,1-5H3. The normalized spacial score (nSPS) is 13.9. The van der Waals surface area contributed by atoms with Gasteiger partial charge in [-0.15, -0.1) is 0 Å². The van der Waals surface area contributed by atoms with E-state index in [1.807, 2.05) is 0 Å². The molecule has 1 unspecified atom stereocenters. The van der Waals surface area contributed by atoms with E-state index in [9.17, 15) is 0 Å². The van der Waals surface area contributed by atoms with Gasteiger partial charge in [0.25, 0.3) is 0 Å². The lowest BCUT2D eigenvalue weighted by Gasteiger charge is -2.24. The number of hydrogen-bond donors (Lipinski definition) is 1. The van der Waals surface area contributed by atoms with Crippen molar-refractivity contribution >= 4 is 0 Å². The fourth-order valence-electron chi connectivity index (χ4n) is 1.26. The summed E-state index contributed by atoms with van der Waals surface area (Å²) in [5.41, 5.74) is 0. The molecule has 0 amide bonds. The van der Waals surface area contributed by atoms with Crippen molar-refractivity contribution in [3.63, 3.8) is 0 Å². The zero-order valence-electron chi connectivity index (χ0n) is 10.3. The fourth-order valence-corrected chi connectivity index (χ4v) is 1.26. The lowest BCUT2D eigenvalue weighted by atomic mass is 10.2. The van der Waals surface area contributed by atoms with Crippen LogP contribution in [0.1, 0.15) is 27.2 Å². The van der Waals surface area contributed by atoms with E-state index < -0.39 is 0 Å². The molecule has 0 aliphatic heterocycles. The second-order valence-corrected chi connectivity index (χ2v) is 4.22. The number of nitrogens with zero attached hydrogens (tertiary/aromatic N) is 1. The van der Waals surface area contributed by atoms with Gasteiger partial charge in [0.1, 0.15) is 0 Å². The molecule has 0 aromatic rings. The predicted octanol–water partition coefficient (Wildman–Crippen LogP) is 1.34. The molecule has 0 spiro atoms. The average Bonchev–Trinajstić information content (AvgIpc) is 2.13. The minimum absolute atomic E-state index is 0.589. The number of methoxy groups -OCH3 is 1. The van der Waals surface area contributed by atoms with Crippen molar-refractivity contribution in [2.75, 3.05) is 33.9 Å². The molecule has 0 saturated heterocycles. The molecule has 0 aliphatic carbocycles. The lowest BCUT2D eigenvalue weighted by molar-refractivity contribution is 0.140. The summed E-state index contributed by atoms with van der Waals surface area (Å²) in [6.07, 6.45) is 1.19. The molecule has 3 heteroatoms. The number of likely N-dealkylation sites (N-methyl/N-ethyl adjacent to an activating group) is 1. The van der Waals surface area contributed by atoms with Crippen LogP contribution in [-0.2, 0) is 4.74 Å². The molecule has 0 heterocycles. The van der Waals surface area contributed by atoms with E-state index in [1.54, 1.807) is 7.11 Å². The third-order valence-corrected chi connectivity index (χ3v) is 2.52. The first-order valence-electron chi connectivity index (χ1n) is 5.50. The van der Waals surface area contributed by atoms with E-state index in [2.05, 4.69) is 38.0 Å². The average molecular weight is 202 g/mol. The van der Waals surface area contributed by atoms with Crippen molar-refractivity contribution in [2.24, 2.45) is 0 Å². The predicted molar refractivity (Wildman–Crippen MR) is 61.7 cm³/mol. The molecule has 86 valence electrons. The SMILES string of the molecule is COCCN(C)C(C)CCNC(C)C. The summed E-state index contributed by atoms with van der Waals surface area (Å²) < 4.78 is 5.05. The van der Waals surface area contributed by atoms with Crippen molar-refractivity contribution in [3.8, 4) is 0 Å². The molecular weight excluding hydrogens is 176 g/mol. The quantitative estimate of drug-likeness (QED) is 0.643. The van der Waals surface area contributed by atoms with Crippen LogP contribution in [-0.4, -0.2) is 50.8 Å². The van der Waals surface area contributed by atoms with Gasteiger partial charge in [-0.3, -0.25) is 0 Å². The van der Waals surface area contributed by atoms with Gasteiger partial charge in [-0.1, -0.05) is 13.8 Å². The van der Waals surface area contributed by atoms with E-state index in [0.29, 0.717) is 12.1 Å². The molecule has 0 radical (unpaired) electrons. The van der Waals surface area contributed by atoms with Crippen molar-refractivity contribution in [3.05, 3.63) is 0 Å². The first-order valence-corrected chi connectivity index (χ1v) is 5.50. The van der Waals surface area contributed by atoms with Crippen molar-refractivity contribution in [1.82, 2.24) is 10.2 Å². The molecule has 0 fully saturated rings. The fraction of sp³-hybridized carbons (Fsp3) is 1.00. The third kappa shape index (κ3) is 7.30. The van der Waals surface area contributed by atoms with Gasteiger partial charge < -0.3 is 15.0 Å².